The highest BCUT2D eigenvalue weighted by Crippen LogP contribution is 2.39. The van der Waals surface area contributed by atoms with Crippen molar-refractivity contribution in [2.75, 3.05) is 7.11 Å². The van der Waals surface area contributed by atoms with Crippen LogP contribution in [-0.4, -0.2) is 22.4 Å². The van der Waals surface area contributed by atoms with Crippen LogP contribution in [0.5, 0.6) is 17.2 Å². The Morgan fingerprint density at radius 3 is 2.45 bits per heavy atom. The highest BCUT2D eigenvalue weighted by atomic mass is 35.5. The van der Waals surface area contributed by atoms with Crippen molar-refractivity contribution in [3.05, 3.63) is 82.8 Å². The fourth-order valence-electron chi connectivity index (χ4n) is 3.34. The average molecular weight is 439 g/mol. The topological polar surface area (TPSA) is 67.4 Å². The Balaban J connectivity index is 1.60. The Bertz CT molecular complexity index is 1220. The van der Waals surface area contributed by atoms with Gasteiger partial charge in [-0.3, -0.25) is 5.10 Å². The third kappa shape index (κ3) is 4.34. The maximum Gasteiger partial charge on any atom is 0.128 e. The number of hydrogen-bond acceptors (Lipinski definition) is 4. The van der Waals surface area contributed by atoms with Crippen molar-refractivity contribution < 1.29 is 19.0 Å². The molecule has 0 radical (unpaired) electrons. The van der Waals surface area contributed by atoms with Crippen LogP contribution >= 0.6 is 11.6 Å². The maximum atomic E-state index is 13.2. The summed E-state index contributed by atoms with van der Waals surface area (Å²) < 4.78 is 24.1. The van der Waals surface area contributed by atoms with Gasteiger partial charge in [0.1, 0.15) is 35.4 Å². The Kier molecular flexibility index (Phi) is 5.82. The molecule has 0 fully saturated rings. The molecule has 0 aliphatic rings. The number of rotatable bonds is 6. The van der Waals surface area contributed by atoms with Crippen LogP contribution in [0.3, 0.4) is 0 Å². The molecule has 0 amide bonds. The first-order valence-corrected chi connectivity index (χ1v) is 9.93. The molecule has 0 bridgehead atoms. The molecule has 7 heteroatoms. The van der Waals surface area contributed by atoms with E-state index in [1.165, 1.54) is 18.2 Å². The molecule has 0 saturated carbocycles. The highest BCUT2D eigenvalue weighted by Gasteiger charge is 2.18. The van der Waals surface area contributed by atoms with E-state index >= 15 is 0 Å². The second-order valence-corrected chi connectivity index (χ2v) is 7.41. The first-order valence-electron chi connectivity index (χ1n) is 9.55. The van der Waals surface area contributed by atoms with Crippen molar-refractivity contribution in [3.63, 3.8) is 0 Å². The van der Waals surface area contributed by atoms with E-state index in [1.54, 1.807) is 25.3 Å². The molecule has 5 nitrogen and oxygen atoms in total. The van der Waals surface area contributed by atoms with E-state index < -0.39 is 5.82 Å². The van der Waals surface area contributed by atoms with E-state index in [0.29, 0.717) is 22.6 Å². The van der Waals surface area contributed by atoms with Crippen LogP contribution in [0.25, 0.3) is 22.4 Å². The summed E-state index contributed by atoms with van der Waals surface area (Å²) in [6.07, 6.45) is 0. The molecule has 31 heavy (non-hydrogen) atoms. The van der Waals surface area contributed by atoms with Crippen LogP contribution < -0.4 is 9.47 Å². The average Bonchev–Trinajstić information content (AvgIpc) is 3.14. The number of hydrogen-bond donors (Lipinski definition) is 2. The predicted molar refractivity (Wildman–Crippen MR) is 118 cm³/mol. The molecule has 0 aliphatic heterocycles. The molecule has 158 valence electrons. The molecule has 0 atom stereocenters. The fraction of sp³-hybridized carbons (Fsp3) is 0.125. The van der Waals surface area contributed by atoms with Gasteiger partial charge in [0.2, 0.25) is 0 Å². The Hall–Kier alpha value is -3.51. The summed E-state index contributed by atoms with van der Waals surface area (Å²) in [4.78, 5) is 0. The second kappa shape index (κ2) is 8.70. The molecular weight excluding hydrogens is 419 g/mol. The van der Waals surface area contributed by atoms with Gasteiger partial charge in [-0.2, -0.15) is 5.10 Å². The number of aromatic hydroxyl groups is 1. The molecule has 0 aliphatic carbocycles. The maximum absolute atomic E-state index is 13.2. The van der Waals surface area contributed by atoms with Crippen LogP contribution in [0.1, 0.15) is 11.3 Å². The molecule has 2 N–H and O–H groups in total. The normalized spacial score (nSPS) is 10.8. The van der Waals surface area contributed by atoms with E-state index in [9.17, 15) is 9.50 Å². The van der Waals surface area contributed by atoms with Crippen LogP contribution in [0.2, 0.25) is 5.02 Å². The summed E-state index contributed by atoms with van der Waals surface area (Å²) in [6, 6.07) is 16.8. The van der Waals surface area contributed by atoms with Crippen molar-refractivity contribution in [2.45, 2.75) is 13.5 Å². The minimum atomic E-state index is -0.405. The molecule has 3 aromatic carbocycles. The monoisotopic (exact) mass is 438 g/mol. The van der Waals surface area contributed by atoms with Crippen LogP contribution in [0, 0.1) is 12.7 Å². The number of phenolic OH excluding ortho intramolecular Hbond substituents is 1. The highest BCUT2D eigenvalue weighted by molar-refractivity contribution is 6.31. The second-order valence-electron chi connectivity index (χ2n) is 7.00. The summed E-state index contributed by atoms with van der Waals surface area (Å²) >= 11 is 6.04. The smallest absolute Gasteiger partial charge is 0.128 e. The van der Waals surface area contributed by atoms with Gasteiger partial charge in [0.05, 0.1) is 12.1 Å². The number of methoxy groups -OCH3 is 1. The van der Waals surface area contributed by atoms with E-state index in [-0.39, 0.29) is 17.4 Å². The molecule has 4 aromatic rings. The number of aromatic amines is 1. The van der Waals surface area contributed by atoms with Gasteiger partial charge in [-0.15, -0.1) is 0 Å². The molecule has 0 unspecified atom stereocenters. The number of benzene rings is 3. The van der Waals surface area contributed by atoms with Gasteiger partial charge in [0.15, 0.2) is 0 Å². The minimum Gasteiger partial charge on any atom is -0.507 e. The number of phenols is 1. The largest absolute Gasteiger partial charge is 0.507 e. The predicted octanol–water partition coefficient (Wildman–Crippen LogP) is 6.14. The Morgan fingerprint density at radius 1 is 1.03 bits per heavy atom. The number of ether oxygens (including phenoxy) is 2. The van der Waals surface area contributed by atoms with E-state index in [0.717, 1.165) is 22.6 Å². The zero-order chi connectivity index (χ0) is 22.0. The van der Waals surface area contributed by atoms with Gasteiger partial charge in [-0.05, 0) is 48.9 Å². The zero-order valence-electron chi connectivity index (χ0n) is 16.9. The van der Waals surface area contributed by atoms with Crippen molar-refractivity contribution in [2.24, 2.45) is 0 Å². The third-order valence-corrected chi connectivity index (χ3v) is 5.31. The first kappa shape index (κ1) is 20.8. The number of nitrogens with one attached hydrogen (secondary N) is 1. The summed E-state index contributed by atoms with van der Waals surface area (Å²) in [7, 11) is 1.62. The lowest BCUT2D eigenvalue weighted by Crippen LogP contribution is -1.97. The van der Waals surface area contributed by atoms with Gasteiger partial charge in [0, 0.05) is 28.5 Å². The van der Waals surface area contributed by atoms with Crippen LogP contribution in [0.15, 0.2) is 60.7 Å². The standard InChI is InChI=1S/C24H20ClFN2O3/c1-14-23(15-4-7-18(30-2)8-5-15)24(28-27-14)20-10-9-19(12-22(20)29)31-13-16-3-6-17(26)11-21(16)25/h3-12,29H,13H2,1-2H3,(H,27,28). The molecule has 1 heterocycles. The number of aromatic nitrogens is 2. The minimum absolute atomic E-state index is 0.0314. The molecular formula is C24H20ClFN2O3. The van der Waals surface area contributed by atoms with Crippen molar-refractivity contribution in [1.29, 1.82) is 0 Å². The number of halogens is 2. The first-order chi connectivity index (χ1) is 15.0. The van der Waals surface area contributed by atoms with E-state index in [1.807, 2.05) is 31.2 Å². The van der Waals surface area contributed by atoms with Gasteiger partial charge in [0.25, 0.3) is 0 Å². The molecule has 1 aromatic heterocycles. The lowest BCUT2D eigenvalue weighted by molar-refractivity contribution is 0.304. The SMILES string of the molecule is COc1ccc(-c2c(-c3ccc(OCc4ccc(F)cc4Cl)cc3O)n[nH]c2C)cc1. The molecule has 4 rings (SSSR count). The van der Waals surface area contributed by atoms with Crippen LogP contribution in [0.4, 0.5) is 4.39 Å². The quantitative estimate of drug-likeness (QED) is 0.379. The Labute approximate surface area is 184 Å². The summed E-state index contributed by atoms with van der Waals surface area (Å²) in [5.41, 5.74) is 4.58. The van der Waals surface area contributed by atoms with Gasteiger partial charge in [-0.1, -0.05) is 29.8 Å². The number of aryl methyl sites for hydroxylation is 1. The fourth-order valence-corrected chi connectivity index (χ4v) is 3.56. The number of H-pyrrole nitrogens is 1. The zero-order valence-corrected chi connectivity index (χ0v) is 17.7. The van der Waals surface area contributed by atoms with Crippen LogP contribution in [-0.2, 0) is 6.61 Å². The van der Waals surface area contributed by atoms with Crippen molar-refractivity contribution in [1.82, 2.24) is 10.2 Å². The van der Waals surface area contributed by atoms with Crippen molar-refractivity contribution >= 4 is 11.6 Å². The van der Waals surface area contributed by atoms with E-state index in [4.69, 9.17) is 21.1 Å². The van der Waals surface area contributed by atoms with Gasteiger partial charge < -0.3 is 14.6 Å². The van der Waals surface area contributed by atoms with Gasteiger partial charge in [-0.25, -0.2) is 4.39 Å². The lowest BCUT2D eigenvalue weighted by atomic mass is 9.98. The molecule has 0 spiro atoms. The molecule has 0 saturated heterocycles. The van der Waals surface area contributed by atoms with E-state index in [2.05, 4.69) is 10.2 Å². The van der Waals surface area contributed by atoms with Gasteiger partial charge >= 0.3 is 0 Å². The Morgan fingerprint density at radius 2 is 1.77 bits per heavy atom. The summed E-state index contributed by atoms with van der Waals surface area (Å²) in [5.74, 6) is 0.846. The third-order valence-electron chi connectivity index (χ3n) is 4.96. The summed E-state index contributed by atoms with van der Waals surface area (Å²) in [5, 5.41) is 18.3. The van der Waals surface area contributed by atoms with Crippen molar-refractivity contribution in [3.8, 4) is 39.6 Å². The number of nitrogens with zero attached hydrogens (tertiary/aromatic N) is 1. The summed E-state index contributed by atoms with van der Waals surface area (Å²) in [6.45, 7) is 2.08. The lowest BCUT2D eigenvalue weighted by Gasteiger charge is -2.11.